The fourth-order valence-corrected chi connectivity index (χ4v) is 7.61. The van der Waals surface area contributed by atoms with E-state index in [0.29, 0.717) is 19.3 Å². The Morgan fingerprint density at radius 3 is 0.862 bits per heavy atom. The van der Waals surface area contributed by atoms with Crippen LogP contribution in [0.15, 0.2) is 12.2 Å². The predicted molar refractivity (Wildman–Crippen MR) is 247 cm³/mol. The molecule has 0 aliphatic carbocycles. The van der Waals surface area contributed by atoms with Gasteiger partial charge in [0.15, 0.2) is 6.10 Å². The lowest BCUT2D eigenvalue weighted by Gasteiger charge is -2.18. The maximum Gasteiger partial charge on any atom is 0.306 e. The Morgan fingerprint density at radius 2 is 0.569 bits per heavy atom. The highest BCUT2D eigenvalue weighted by Crippen LogP contribution is 2.16. The molecular weight excluding hydrogens is 721 g/mol. The fraction of sp³-hybridized carbons (Fsp3) is 0.904. The van der Waals surface area contributed by atoms with E-state index < -0.39 is 6.10 Å². The van der Waals surface area contributed by atoms with Crippen LogP contribution >= 0.6 is 0 Å². The number of hydrogen-bond donors (Lipinski definition) is 0. The summed E-state index contributed by atoms with van der Waals surface area (Å²) in [6, 6.07) is 0. The molecule has 0 bridgehead atoms. The molecule has 0 N–H and O–H groups in total. The molecule has 0 radical (unpaired) electrons. The lowest BCUT2D eigenvalue weighted by molar-refractivity contribution is -0.167. The van der Waals surface area contributed by atoms with Gasteiger partial charge >= 0.3 is 17.9 Å². The number of ether oxygens (including phenoxy) is 3. The Morgan fingerprint density at radius 1 is 0.328 bits per heavy atom. The van der Waals surface area contributed by atoms with Crippen LogP contribution in [0.2, 0.25) is 0 Å². The molecular formula is C52H98O6. The van der Waals surface area contributed by atoms with E-state index in [2.05, 4.69) is 32.9 Å². The van der Waals surface area contributed by atoms with E-state index in [1.807, 2.05) is 0 Å². The smallest absolute Gasteiger partial charge is 0.306 e. The van der Waals surface area contributed by atoms with Crippen molar-refractivity contribution in [1.29, 1.82) is 0 Å². The summed E-state index contributed by atoms with van der Waals surface area (Å²) in [6.07, 6.45) is 51.9. The number of hydrogen-bond acceptors (Lipinski definition) is 6. The SMILES string of the molecule is CCCCCCC/C=C\CCCCCCCC(=O)OC[C@@H](COC(=O)CCCCCCCCCCCCCCC)OC(=O)CCCCCCCCCCCCCCC. The van der Waals surface area contributed by atoms with Crippen molar-refractivity contribution in [1.82, 2.24) is 0 Å². The van der Waals surface area contributed by atoms with Gasteiger partial charge in [-0.2, -0.15) is 0 Å². The molecule has 6 nitrogen and oxygen atoms in total. The van der Waals surface area contributed by atoms with Gasteiger partial charge in [0.05, 0.1) is 0 Å². The molecule has 0 rings (SSSR count). The molecule has 0 saturated carbocycles. The minimum atomic E-state index is -0.765. The highest BCUT2D eigenvalue weighted by molar-refractivity contribution is 5.71. The largest absolute Gasteiger partial charge is 0.462 e. The van der Waals surface area contributed by atoms with Gasteiger partial charge in [-0.25, -0.2) is 0 Å². The number of rotatable bonds is 47. The predicted octanol–water partition coefficient (Wildman–Crippen LogP) is 16.6. The van der Waals surface area contributed by atoms with Crippen molar-refractivity contribution in [3.63, 3.8) is 0 Å². The monoisotopic (exact) mass is 819 g/mol. The van der Waals surface area contributed by atoms with Gasteiger partial charge in [0.2, 0.25) is 0 Å². The Kier molecular flexibility index (Phi) is 46.3. The van der Waals surface area contributed by atoms with E-state index in [9.17, 15) is 14.4 Å². The zero-order chi connectivity index (χ0) is 42.3. The first-order valence-electron chi connectivity index (χ1n) is 25.7. The van der Waals surface area contributed by atoms with Crippen LogP contribution in [0, 0.1) is 0 Å². The number of esters is 3. The van der Waals surface area contributed by atoms with E-state index in [1.165, 1.54) is 180 Å². The molecule has 342 valence electrons. The summed E-state index contributed by atoms with van der Waals surface area (Å²) in [7, 11) is 0. The normalized spacial score (nSPS) is 12.0. The van der Waals surface area contributed by atoms with Crippen molar-refractivity contribution in [2.24, 2.45) is 0 Å². The molecule has 0 unspecified atom stereocenters. The Labute approximate surface area is 360 Å². The average molecular weight is 819 g/mol. The summed E-state index contributed by atoms with van der Waals surface area (Å²) in [6.45, 7) is 6.65. The van der Waals surface area contributed by atoms with Crippen LogP contribution in [0.4, 0.5) is 0 Å². The van der Waals surface area contributed by atoms with E-state index in [4.69, 9.17) is 14.2 Å². The van der Waals surface area contributed by atoms with Gasteiger partial charge in [-0.15, -0.1) is 0 Å². The molecule has 0 spiro atoms. The third-order valence-electron chi connectivity index (χ3n) is 11.5. The van der Waals surface area contributed by atoms with E-state index in [1.54, 1.807) is 0 Å². The van der Waals surface area contributed by atoms with Crippen molar-refractivity contribution in [3.8, 4) is 0 Å². The van der Waals surface area contributed by atoms with Gasteiger partial charge in [-0.05, 0) is 44.9 Å². The molecule has 6 heteroatoms. The zero-order valence-electron chi connectivity index (χ0n) is 39.1. The highest BCUT2D eigenvalue weighted by Gasteiger charge is 2.19. The van der Waals surface area contributed by atoms with E-state index in [0.717, 1.165) is 64.2 Å². The minimum Gasteiger partial charge on any atom is -0.462 e. The van der Waals surface area contributed by atoms with Gasteiger partial charge in [-0.3, -0.25) is 14.4 Å². The molecule has 0 aromatic heterocycles. The topological polar surface area (TPSA) is 78.9 Å². The fourth-order valence-electron chi connectivity index (χ4n) is 7.61. The van der Waals surface area contributed by atoms with Gasteiger partial charge in [-0.1, -0.05) is 232 Å². The molecule has 0 saturated heterocycles. The van der Waals surface area contributed by atoms with Crippen LogP contribution in [0.25, 0.3) is 0 Å². The minimum absolute atomic E-state index is 0.0673. The molecule has 0 aromatic carbocycles. The second kappa shape index (κ2) is 47.8. The van der Waals surface area contributed by atoms with Crippen LogP contribution in [0.5, 0.6) is 0 Å². The van der Waals surface area contributed by atoms with Gasteiger partial charge in [0, 0.05) is 19.3 Å². The Hall–Kier alpha value is -1.85. The molecule has 58 heavy (non-hydrogen) atoms. The molecule has 0 heterocycles. The number of unbranched alkanes of at least 4 members (excludes halogenated alkanes) is 34. The highest BCUT2D eigenvalue weighted by atomic mass is 16.6. The summed E-state index contributed by atoms with van der Waals surface area (Å²) in [5.41, 5.74) is 0. The second-order valence-corrected chi connectivity index (χ2v) is 17.4. The van der Waals surface area contributed by atoms with Gasteiger partial charge in [0.1, 0.15) is 13.2 Å². The second-order valence-electron chi connectivity index (χ2n) is 17.4. The van der Waals surface area contributed by atoms with Crippen molar-refractivity contribution < 1.29 is 28.6 Å². The summed E-state index contributed by atoms with van der Waals surface area (Å²) in [5.74, 6) is -0.860. The zero-order valence-corrected chi connectivity index (χ0v) is 39.1. The lowest BCUT2D eigenvalue weighted by atomic mass is 10.0. The first-order chi connectivity index (χ1) is 28.5. The van der Waals surface area contributed by atoms with Gasteiger partial charge < -0.3 is 14.2 Å². The Bertz CT molecular complexity index is 900. The van der Waals surface area contributed by atoms with Crippen LogP contribution < -0.4 is 0 Å². The number of allylic oxidation sites excluding steroid dienone is 2. The van der Waals surface area contributed by atoms with Crippen molar-refractivity contribution >= 4 is 17.9 Å². The summed E-state index contributed by atoms with van der Waals surface area (Å²) < 4.78 is 16.8. The van der Waals surface area contributed by atoms with Crippen molar-refractivity contribution in [2.45, 2.75) is 290 Å². The third kappa shape index (κ3) is 45.2. The molecule has 0 aliphatic heterocycles. The lowest BCUT2D eigenvalue weighted by Crippen LogP contribution is -2.30. The molecule has 1 atom stereocenters. The van der Waals surface area contributed by atoms with E-state index >= 15 is 0 Å². The van der Waals surface area contributed by atoms with Crippen molar-refractivity contribution in [2.75, 3.05) is 13.2 Å². The maximum atomic E-state index is 12.8. The summed E-state index contributed by atoms with van der Waals surface area (Å²) in [5, 5.41) is 0. The molecule has 0 amide bonds. The molecule has 0 aromatic rings. The average Bonchev–Trinajstić information content (AvgIpc) is 3.22. The van der Waals surface area contributed by atoms with Crippen molar-refractivity contribution in [3.05, 3.63) is 12.2 Å². The first kappa shape index (κ1) is 56.1. The molecule has 0 fully saturated rings. The summed E-state index contributed by atoms with van der Waals surface area (Å²) in [4.78, 5) is 37.9. The number of carbonyl (C=O) groups is 3. The molecule has 0 aliphatic rings. The Balaban J connectivity index is 4.34. The van der Waals surface area contributed by atoms with E-state index in [-0.39, 0.29) is 31.1 Å². The first-order valence-corrected chi connectivity index (χ1v) is 25.7. The quantitative estimate of drug-likeness (QED) is 0.0263. The van der Waals surface area contributed by atoms with Crippen LogP contribution in [-0.2, 0) is 28.6 Å². The third-order valence-corrected chi connectivity index (χ3v) is 11.5. The number of carbonyl (C=O) groups excluding carboxylic acids is 3. The van der Waals surface area contributed by atoms with Crippen LogP contribution in [-0.4, -0.2) is 37.2 Å². The maximum absolute atomic E-state index is 12.8. The summed E-state index contributed by atoms with van der Waals surface area (Å²) >= 11 is 0. The van der Waals surface area contributed by atoms with Crippen LogP contribution in [0.1, 0.15) is 284 Å². The van der Waals surface area contributed by atoms with Gasteiger partial charge in [0.25, 0.3) is 0 Å². The standard InChI is InChI=1S/C52H98O6/c1-4-7-10-13-16-19-22-25-28-30-33-36-39-42-45-51(54)57-48-49(58-52(55)46-43-40-37-34-31-27-24-21-18-15-12-9-6-3)47-56-50(53)44-41-38-35-32-29-26-23-20-17-14-11-8-5-2/h22,25,49H,4-21,23-24,26-48H2,1-3H3/b25-22-/t49-/m1/s1. The van der Waals surface area contributed by atoms with Crippen LogP contribution in [0.3, 0.4) is 0 Å².